The highest BCUT2D eigenvalue weighted by molar-refractivity contribution is 7.84. The lowest BCUT2D eigenvalue weighted by molar-refractivity contribution is 0.240. The van der Waals surface area contributed by atoms with Crippen LogP contribution in [0.15, 0.2) is 23.1 Å². The molecule has 0 heterocycles. The van der Waals surface area contributed by atoms with E-state index < -0.39 is 0 Å². The Morgan fingerprint density at radius 3 is 2.58 bits per heavy atom. The molecule has 5 unspecified atom stereocenters. The van der Waals surface area contributed by atoms with Crippen LogP contribution in [0.3, 0.4) is 0 Å². The van der Waals surface area contributed by atoms with Crippen molar-refractivity contribution in [2.24, 2.45) is 17.8 Å². The molecule has 0 saturated heterocycles. The van der Waals surface area contributed by atoms with Crippen molar-refractivity contribution in [2.75, 3.05) is 5.75 Å². The Hall–Kier alpha value is 0.880. The molecule has 0 bridgehead atoms. The maximum absolute atomic E-state index is 5.20. The fourth-order valence-electron chi connectivity index (χ4n) is 4.88. The van der Waals surface area contributed by atoms with Crippen LogP contribution in [0.5, 0.6) is 0 Å². The predicted octanol–water partition coefficient (Wildman–Crippen LogP) is 7.44. The Bertz CT molecular complexity index is 473. The van der Waals surface area contributed by atoms with Gasteiger partial charge in [0, 0.05) is 10.00 Å². The molecule has 1 fully saturated rings. The van der Waals surface area contributed by atoms with Crippen LogP contribution >= 0.6 is 50.5 Å². The van der Waals surface area contributed by atoms with Crippen molar-refractivity contribution < 1.29 is 0 Å². The van der Waals surface area contributed by atoms with Crippen LogP contribution in [0.25, 0.3) is 0 Å². The summed E-state index contributed by atoms with van der Waals surface area (Å²) in [5.74, 6) is 2.97. The van der Waals surface area contributed by atoms with Gasteiger partial charge in [0.25, 0.3) is 0 Å². The molecule has 2 rings (SSSR count). The van der Waals surface area contributed by atoms with Crippen molar-refractivity contribution in [3.05, 3.63) is 23.1 Å². The first-order chi connectivity index (χ1) is 12.5. The minimum atomic E-state index is 0.152. The average molecular weight is 431 g/mol. The lowest BCUT2D eigenvalue weighted by Gasteiger charge is -2.39. The van der Waals surface area contributed by atoms with Gasteiger partial charge in [-0.25, -0.2) is 0 Å². The van der Waals surface area contributed by atoms with Crippen molar-refractivity contribution >= 4 is 50.5 Å². The van der Waals surface area contributed by atoms with Gasteiger partial charge in [-0.05, 0) is 73.4 Å². The van der Waals surface area contributed by atoms with Gasteiger partial charge in [-0.2, -0.15) is 37.9 Å². The van der Waals surface area contributed by atoms with Gasteiger partial charge in [0.05, 0.1) is 0 Å². The molecule has 0 spiro atoms. The van der Waals surface area contributed by atoms with Crippen LogP contribution in [0, 0.1) is 17.8 Å². The van der Waals surface area contributed by atoms with Crippen molar-refractivity contribution in [3.63, 3.8) is 0 Å². The second kappa shape index (κ2) is 11.8. The number of rotatable bonds is 2. The minimum Gasteiger partial charge on any atom is -0.179 e. The van der Waals surface area contributed by atoms with Gasteiger partial charge in [-0.1, -0.05) is 50.8 Å². The van der Waals surface area contributed by atoms with Gasteiger partial charge in [0.15, 0.2) is 0 Å². The highest BCUT2D eigenvalue weighted by atomic mass is 32.1. The topological polar surface area (TPSA) is 0 Å². The molecule has 5 atom stereocenters. The van der Waals surface area contributed by atoms with Crippen molar-refractivity contribution in [3.8, 4) is 0 Å². The summed E-state index contributed by atoms with van der Waals surface area (Å²) in [4.78, 5) is 1.09. The van der Waals surface area contributed by atoms with Gasteiger partial charge in [0.1, 0.15) is 0 Å². The van der Waals surface area contributed by atoms with Crippen LogP contribution in [-0.4, -0.2) is 15.7 Å². The molecule has 0 amide bonds. The Kier molecular flexibility index (Phi) is 10.5. The zero-order valence-electron chi connectivity index (χ0n) is 16.3. The fraction of sp³-hybridized carbons (Fsp3) is 0.818. The molecule has 2 aliphatic carbocycles. The molecule has 0 radical (unpaired) electrons. The Morgan fingerprint density at radius 1 is 1.08 bits per heavy atom. The van der Waals surface area contributed by atoms with Crippen LogP contribution in [-0.2, 0) is 0 Å². The van der Waals surface area contributed by atoms with Gasteiger partial charge < -0.3 is 0 Å². The zero-order valence-corrected chi connectivity index (χ0v) is 19.9. The third-order valence-electron chi connectivity index (χ3n) is 6.77. The van der Waals surface area contributed by atoms with E-state index in [-0.39, 0.29) is 4.75 Å². The third kappa shape index (κ3) is 6.74. The normalized spacial score (nSPS) is 40.0. The maximum Gasteiger partial charge on any atom is 0.0163 e. The van der Waals surface area contributed by atoms with E-state index in [1.807, 2.05) is 0 Å². The minimum absolute atomic E-state index is 0.152. The number of allylic oxidation sites excluding steroid dienone is 3. The first-order valence-electron chi connectivity index (χ1n) is 10.6. The summed E-state index contributed by atoms with van der Waals surface area (Å²) < 4.78 is 0.152. The summed E-state index contributed by atoms with van der Waals surface area (Å²) in [5.41, 5.74) is 0. The van der Waals surface area contributed by atoms with E-state index in [4.69, 9.17) is 37.9 Å². The van der Waals surface area contributed by atoms with Crippen LogP contribution in [0.4, 0.5) is 0 Å². The standard InChI is InChI=1S/C22H38S4/c1-2-22(26)15-6-4-3-5-8-17-9-7-10-19(24)12-14-21(25)20(17)13-11-18(22)16-23/h7,10,12,17-18,20-21,23-26H,2-6,8-9,11,13-16H2,1H3/b10-7?,19-12+. The van der Waals surface area contributed by atoms with E-state index in [2.05, 4.69) is 37.8 Å². The quantitative estimate of drug-likeness (QED) is 0.321. The molecule has 0 aromatic rings. The van der Waals surface area contributed by atoms with Gasteiger partial charge in [0.2, 0.25) is 0 Å². The number of thiol groups is 4. The lowest BCUT2D eigenvalue weighted by atomic mass is 9.75. The molecule has 1 saturated carbocycles. The molecule has 2 aliphatic rings. The fourth-order valence-corrected chi connectivity index (χ4v) is 6.64. The third-order valence-corrected chi connectivity index (χ3v) is 9.04. The number of fused-ring (bicyclic) bond motifs is 1. The van der Waals surface area contributed by atoms with E-state index in [1.165, 1.54) is 57.8 Å². The molecule has 0 aliphatic heterocycles. The molecule has 0 aromatic carbocycles. The molecule has 0 aromatic heterocycles. The molecule has 0 N–H and O–H groups in total. The van der Waals surface area contributed by atoms with Crippen molar-refractivity contribution in [2.45, 2.75) is 87.5 Å². The SMILES string of the molecule is CCC1(S)CCCCCCC2CC=C/C(S)=C\CC(S)C2CCC1CS. The summed E-state index contributed by atoms with van der Waals surface area (Å²) in [7, 11) is 0. The molecule has 150 valence electrons. The first kappa shape index (κ1) is 23.2. The predicted molar refractivity (Wildman–Crippen MR) is 131 cm³/mol. The largest absolute Gasteiger partial charge is 0.179 e. The first-order valence-corrected chi connectivity index (χ1v) is 12.6. The van der Waals surface area contributed by atoms with E-state index in [0.717, 1.165) is 29.4 Å². The second-order valence-electron chi connectivity index (χ2n) is 8.36. The summed E-state index contributed by atoms with van der Waals surface area (Å²) in [6, 6.07) is 0. The number of hydrogen-bond acceptors (Lipinski definition) is 4. The Labute approximate surface area is 184 Å². The van der Waals surface area contributed by atoms with Crippen molar-refractivity contribution in [1.29, 1.82) is 0 Å². The zero-order chi connectivity index (χ0) is 19.0. The Balaban J connectivity index is 2.20. The highest BCUT2D eigenvalue weighted by Gasteiger charge is 2.35. The van der Waals surface area contributed by atoms with Gasteiger partial charge in [-0.15, -0.1) is 12.6 Å². The summed E-state index contributed by atoms with van der Waals surface area (Å²) in [5, 5.41) is 0.432. The van der Waals surface area contributed by atoms with Gasteiger partial charge >= 0.3 is 0 Å². The molecular formula is C22H38S4. The smallest absolute Gasteiger partial charge is 0.0163 e. The molecule has 0 nitrogen and oxygen atoms in total. The van der Waals surface area contributed by atoms with E-state index in [0.29, 0.717) is 17.1 Å². The van der Waals surface area contributed by atoms with Gasteiger partial charge in [-0.3, -0.25) is 0 Å². The maximum atomic E-state index is 5.20. The average Bonchev–Trinajstić information content (AvgIpc) is 2.69. The summed E-state index contributed by atoms with van der Waals surface area (Å²) >= 11 is 19.6. The summed E-state index contributed by atoms with van der Waals surface area (Å²) in [6.07, 6.45) is 20.6. The second-order valence-corrected chi connectivity index (χ2v) is 10.8. The van der Waals surface area contributed by atoms with Crippen molar-refractivity contribution in [1.82, 2.24) is 0 Å². The number of hydrogen-bond donors (Lipinski definition) is 4. The summed E-state index contributed by atoms with van der Waals surface area (Å²) in [6.45, 7) is 2.31. The van der Waals surface area contributed by atoms with E-state index in [1.54, 1.807) is 0 Å². The van der Waals surface area contributed by atoms with Crippen LogP contribution < -0.4 is 0 Å². The van der Waals surface area contributed by atoms with E-state index >= 15 is 0 Å². The van der Waals surface area contributed by atoms with E-state index in [9.17, 15) is 0 Å². The molecular weight excluding hydrogens is 393 g/mol. The Morgan fingerprint density at radius 2 is 1.85 bits per heavy atom. The van der Waals surface area contributed by atoms with Crippen LogP contribution in [0.2, 0.25) is 0 Å². The van der Waals surface area contributed by atoms with Crippen LogP contribution in [0.1, 0.15) is 77.6 Å². The molecule has 26 heavy (non-hydrogen) atoms. The lowest BCUT2D eigenvalue weighted by Crippen LogP contribution is -2.35. The monoisotopic (exact) mass is 430 g/mol. The highest BCUT2D eigenvalue weighted by Crippen LogP contribution is 2.42. The molecule has 4 heteroatoms.